The van der Waals surface area contributed by atoms with Gasteiger partial charge in [0.2, 0.25) is 11.0 Å². The Labute approximate surface area is 179 Å². The highest BCUT2D eigenvalue weighted by atomic mass is 32.1. The Morgan fingerprint density at radius 1 is 1.10 bits per heavy atom. The van der Waals surface area contributed by atoms with Crippen LogP contribution in [0.1, 0.15) is 35.4 Å². The predicted octanol–water partition coefficient (Wildman–Crippen LogP) is 3.82. The molecule has 2 aliphatic heterocycles. The Balaban J connectivity index is 1.29. The van der Waals surface area contributed by atoms with Crippen LogP contribution in [0.15, 0.2) is 48.5 Å². The van der Waals surface area contributed by atoms with Crippen molar-refractivity contribution in [3.8, 4) is 0 Å². The molecule has 1 amide bonds. The molecule has 0 saturated carbocycles. The highest BCUT2D eigenvalue weighted by Crippen LogP contribution is 2.30. The number of hydrogen-bond donors (Lipinski definition) is 0. The van der Waals surface area contributed by atoms with Gasteiger partial charge in [-0.3, -0.25) is 4.79 Å². The van der Waals surface area contributed by atoms with Crippen LogP contribution in [0.25, 0.3) is 0 Å². The van der Waals surface area contributed by atoms with E-state index in [1.807, 2.05) is 11.0 Å². The van der Waals surface area contributed by atoms with Gasteiger partial charge in [0.25, 0.3) is 0 Å². The van der Waals surface area contributed by atoms with E-state index in [0.717, 1.165) is 43.0 Å². The summed E-state index contributed by atoms with van der Waals surface area (Å²) in [6, 6.07) is 14.6. The number of rotatable bonds is 4. The maximum Gasteiger partial charge on any atom is 0.245 e. The lowest BCUT2D eigenvalue weighted by Gasteiger charge is -2.33. The van der Waals surface area contributed by atoms with Crippen molar-refractivity contribution in [3.05, 3.63) is 76.9 Å². The Bertz CT molecular complexity index is 1050. The zero-order valence-electron chi connectivity index (χ0n) is 16.6. The van der Waals surface area contributed by atoms with Crippen LogP contribution in [0, 0.1) is 5.82 Å². The number of carbonyl (C=O) groups excluding carboxylic acids is 1. The van der Waals surface area contributed by atoms with Gasteiger partial charge < -0.3 is 9.80 Å². The smallest absolute Gasteiger partial charge is 0.245 e. The van der Waals surface area contributed by atoms with Gasteiger partial charge in [0.1, 0.15) is 17.7 Å². The number of anilines is 1. The minimum Gasteiger partial charge on any atom is -0.336 e. The summed E-state index contributed by atoms with van der Waals surface area (Å²) in [5, 5.41) is 0.806. The normalized spacial score (nSPS) is 18.5. The molecule has 0 radical (unpaired) electrons. The molecule has 5 nitrogen and oxygen atoms in total. The first-order valence-corrected chi connectivity index (χ1v) is 11.1. The fraction of sp³-hybridized carbons (Fsp3) is 0.348. The van der Waals surface area contributed by atoms with Crippen LogP contribution in [-0.2, 0) is 24.2 Å². The van der Waals surface area contributed by atoms with Gasteiger partial charge in [0.15, 0.2) is 0 Å². The number of benzene rings is 2. The van der Waals surface area contributed by atoms with E-state index in [1.165, 1.54) is 34.8 Å². The SMILES string of the molecule is O=C([C@@H]1CCCN1c1nc(Cc2ccc(F)cc2)ns1)N1CCc2ccccc2C1. The summed E-state index contributed by atoms with van der Waals surface area (Å²) >= 11 is 1.35. The molecule has 7 heteroatoms. The van der Waals surface area contributed by atoms with E-state index in [-0.39, 0.29) is 17.8 Å². The van der Waals surface area contributed by atoms with Crippen molar-refractivity contribution < 1.29 is 9.18 Å². The maximum atomic E-state index is 13.3. The first-order valence-electron chi connectivity index (χ1n) is 10.4. The molecule has 0 aliphatic carbocycles. The molecule has 3 aromatic rings. The van der Waals surface area contributed by atoms with Crippen molar-refractivity contribution in [2.75, 3.05) is 18.0 Å². The summed E-state index contributed by atoms with van der Waals surface area (Å²) in [6.07, 6.45) is 3.30. The fourth-order valence-electron chi connectivity index (χ4n) is 4.37. The summed E-state index contributed by atoms with van der Waals surface area (Å²) in [4.78, 5) is 22.1. The van der Waals surface area contributed by atoms with Gasteiger partial charge in [-0.2, -0.15) is 4.37 Å². The van der Waals surface area contributed by atoms with Crippen LogP contribution in [0.4, 0.5) is 9.52 Å². The van der Waals surface area contributed by atoms with Gasteiger partial charge in [-0.1, -0.05) is 36.4 Å². The van der Waals surface area contributed by atoms with E-state index < -0.39 is 0 Å². The van der Waals surface area contributed by atoms with Crippen molar-refractivity contribution in [3.63, 3.8) is 0 Å². The van der Waals surface area contributed by atoms with Crippen molar-refractivity contribution >= 4 is 22.6 Å². The summed E-state index contributed by atoms with van der Waals surface area (Å²) in [6.45, 7) is 2.28. The van der Waals surface area contributed by atoms with E-state index in [1.54, 1.807) is 12.1 Å². The van der Waals surface area contributed by atoms with Crippen LogP contribution in [0.3, 0.4) is 0 Å². The van der Waals surface area contributed by atoms with Crippen molar-refractivity contribution in [1.29, 1.82) is 0 Å². The molecular weight excluding hydrogens is 399 g/mol. The lowest BCUT2D eigenvalue weighted by molar-refractivity contribution is -0.133. The average Bonchev–Trinajstić information content (AvgIpc) is 3.44. The molecule has 0 unspecified atom stereocenters. The Hall–Kier alpha value is -2.80. The lowest BCUT2D eigenvalue weighted by Crippen LogP contribution is -2.47. The minimum absolute atomic E-state index is 0.165. The first-order chi connectivity index (χ1) is 14.7. The lowest BCUT2D eigenvalue weighted by atomic mass is 9.99. The number of nitrogens with zero attached hydrogens (tertiary/aromatic N) is 4. The molecule has 2 aromatic carbocycles. The second-order valence-corrected chi connectivity index (χ2v) is 8.66. The van der Waals surface area contributed by atoms with Crippen LogP contribution < -0.4 is 4.90 Å². The standard InChI is InChI=1S/C23H23FN4OS/c24-19-9-7-16(8-10-19)14-21-25-23(30-26-21)28-12-3-6-20(28)22(29)27-13-11-17-4-1-2-5-18(17)15-27/h1-2,4-5,7-10,20H,3,6,11-15H2/t20-/m0/s1. The number of halogens is 1. The van der Waals surface area contributed by atoms with Crippen molar-refractivity contribution in [2.45, 2.75) is 38.3 Å². The summed E-state index contributed by atoms with van der Waals surface area (Å²) in [5.41, 5.74) is 3.57. The first kappa shape index (κ1) is 19.2. The van der Waals surface area contributed by atoms with Gasteiger partial charge in [0.05, 0.1) is 0 Å². The van der Waals surface area contributed by atoms with Crippen LogP contribution in [0.2, 0.25) is 0 Å². The number of amides is 1. The van der Waals surface area contributed by atoms with Gasteiger partial charge >= 0.3 is 0 Å². The third-order valence-corrected chi connectivity index (χ3v) is 6.75. The number of aromatic nitrogens is 2. The van der Waals surface area contributed by atoms with Crippen LogP contribution in [0.5, 0.6) is 0 Å². The van der Waals surface area contributed by atoms with E-state index in [0.29, 0.717) is 18.8 Å². The van der Waals surface area contributed by atoms with E-state index >= 15 is 0 Å². The van der Waals surface area contributed by atoms with Crippen LogP contribution >= 0.6 is 11.5 Å². The van der Waals surface area contributed by atoms with Crippen molar-refractivity contribution in [1.82, 2.24) is 14.3 Å². The Morgan fingerprint density at radius 2 is 1.90 bits per heavy atom. The molecule has 2 aliphatic rings. The van der Waals surface area contributed by atoms with E-state index in [2.05, 4.69) is 27.5 Å². The molecule has 0 N–H and O–H groups in total. The number of carbonyl (C=O) groups is 1. The van der Waals surface area contributed by atoms with Gasteiger partial charge in [-0.25, -0.2) is 9.37 Å². The highest BCUT2D eigenvalue weighted by molar-refractivity contribution is 7.09. The van der Waals surface area contributed by atoms with Gasteiger partial charge in [-0.05, 0) is 48.1 Å². The molecule has 30 heavy (non-hydrogen) atoms. The average molecular weight is 423 g/mol. The zero-order valence-corrected chi connectivity index (χ0v) is 17.4. The number of hydrogen-bond acceptors (Lipinski definition) is 5. The fourth-order valence-corrected chi connectivity index (χ4v) is 5.13. The van der Waals surface area contributed by atoms with E-state index in [4.69, 9.17) is 4.98 Å². The minimum atomic E-state index is -0.246. The van der Waals surface area contributed by atoms with Gasteiger partial charge in [0, 0.05) is 37.6 Å². The maximum absolute atomic E-state index is 13.3. The molecule has 1 fully saturated rings. The molecule has 1 atom stereocenters. The Kier molecular flexibility index (Phi) is 5.21. The number of fused-ring (bicyclic) bond motifs is 1. The molecule has 154 valence electrons. The monoisotopic (exact) mass is 422 g/mol. The third kappa shape index (κ3) is 3.81. The molecule has 0 spiro atoms. The largest absolute Gasteiger partial charge is 0.336 e. The second kappa shape index (κ2) is 8.14. The quantitative estimate of drug-likeness (QED) is 0.641. The van der Waals surface area contributed by atoms with E-state index in [9.17, 15) is 9.18 Å². The topological polar surface area (TPSA) is 49.3 Å². The zero-order chi connectivity index (χ0) is 20.5. The molecule has 0 bridgehead atoms. The third-order valence-electron chi connectivity index (χ3n) is 5.96. The summed E-state index contributed by atoms with van der Waals surface area (Å²) < 4.78 is 17.6. The van der Waals surface area contributed by atoms with Crippen LogP contribution in [-0.4, -0.2) is 39.3 Å². The second-order valence-electron chi connectivity index (χ2n) is 7.93. The predicted molar refractivity (Wildman–Crippen MR) is 115 cm³/mol. The summed E-state index contributed by atoms with van der Waals surface area (Å²) in [7, 11) is 0. The molecule has 5 rings (SSSR count). The van der Waals surface area contributed by atoms with Gasteiger partial charge in [-0.15, -0.1) is 0 Å². The molecular formula is C23H23FN4OS. The summed E-state index contributed by atoms with van der Waals surface area (Å²) in [5.74, 6) is 0.660. The molecule has 1 saturated heterocycles. The Morgan fingerprint density at radius 3 is 2.73 bits per heavy atom. The molecule has 1 aromatic heterocycles. The van der Waals surface area contributed by atoms with Crippen molar-refractivity contribution in [2.24, 2.45) is 0 Å². The highest BCUT2D eigenvalue weighted by Gasteiger charge is 2.36. The molecule has 3 heterocycles.